The molecule has 18 heavy (non-hydrogen) atoms. The van der Waals surface area contributed by atoms with Crippen LogP contribution < -0.4 is 11.1 Å². The number of nitrogens with two attached hydrogens (primary N) is 1. The molecule has 4 heterocycles. The summed E-state index contributed by atoms with van der Waals surface area (Å²) in [7, 11) is 0. The molecular weight excluding hydrogens is 246 g/mol. The molecule has 0 aromatic carbocycles. The highest BCUT2D eigenvalue weighted by atomic mass is 32.1. The molecule has 1 aromatic heterocycles. The first kappa shape index (κ1) is 12.1. The number of fused-ring (bicyclic) bond motifs is 3. The maximum Gasteiger partial charge on any atom is 0.239 e. The highest BCUT2D eigenvalue weighted by molar-refractivity contribution is 7.09. The lowest BCUT2D eigenvalue weighted by Gasteiger charge is -2.51. The topological polar surface area (TPSA) is 58.4 Å². The third-order valence-corrected chi connectivity index (χ3v) is 5.23. The molecule has 3 N–H and O–H groups in total. The molecule has 3 aliphatic heterocycles. The Morgan fingerprint density at radius 1 is 1.56 bits per heavy atom. The van der Waals surface area contributed by atoms with Gasteiger partial charge in [-0.15, -0.1) is 11.3 Å². The lowest BCUT2D eigenvalue weighted by atomic mass is 9.72. The monoisotopic (exact) mass is 265 g/mol. The molecule has 5 heteroatoms. The van der Waals surface area contributed by atoms with Crippen molar-refractivity contribution in [2.45, 2.75) is 24.9 Å². The van der Waals surface area contributed by atoms with Gasteiger partial charge in [0.1, 0.15) is 5.54 Å². The summed E-state index contributed by atoms with van der Waals surface area (Å²) in [6, 6.07) is 4.13. The van der Waals surface area contributed by atoms with Crippen LogP contribution in [0.5, 0.6) is 0 Å². The lowest BCUT2D eigenvalue weighted by Crippen LogP contribution is -2.71. The minimum absolute atomic E-state index is 0.187. The quantitative estimate of drug-likeness (QED) is 0.846. The number of carbonyl (C=O) groups excluding carboxylic acids is 1. The van der Waals surface area contributed by atoms with Crippen LogP contribution in [0, 0.1) is 5.92 Å². The second-order valence-corrected chi connectivity index (χ2v) is 6.35. The summed E-state index contributed by atoms with van der Waals surface area (Å²) in [6.45, 7) is 3.74. The number of rotatable bonds is 4. The molecule has 4 nitrogen and oxygen atoms in total. The lowest BCUT2D eigenvalue weighted by molar-refractivity contribution is -0.133. The van der Waals surface area contributed by atoms with Crippen LogP contribution in [0.1, 0.15) is 17.7 Å². The third-order valence-electron chi connectivity index (χ3n) is 4.36. The van der Waals surface area contributed by atoms with Crippen molar-refractivity contribution in [3.8, 4) is 0 Å². The fourth-order valence-corrected chi connectivity index (χ4v) is 3.93. The Kier molecular flexibility index (Phi) is 3.13. The molecule has 98 valence electrons. The van der Waals surface area contributed by atoms with E-state index in [4.69, 9.17) is 5.73 Å². The number of carbonyl (C=O) groups is 1. The number of nitrogens with one attached hydrogen (secondary N) is 1. The molecule has 0 spiro atoms. The van der Waals surface area contributed by atoms with Crippen LogP contribution in [0.25, 0.3) is 0 Å². The molecule has 3 saturated heterocycles. The Morgan fingerprint density at radius 2 is 2.33 bits per heavy atom. The maximum absolute atomic E-state index is 12.0. The molecule has 0 aliphatic carbocycles. The average molecular weight is 265 g/mol. The first-order chi connectivity index (χ1) is 8.71. The third kappa shape index (κ3) is 1.96. The molecule has 1 aromatic rings. The van der Waals surface area contributed by atoms with E-state index in [1.807, 2.05) is 6.07 Å². The van der Waals surface area contributed by atoms with Crippen molar-refractivity contribution in [1.82, 2.24) is 10.2 Å². The molecule has 1 amide bonds. The summed E-state index contributed by atoms with van der Waals surface area (Å²) in [5.74, 6) is 0.216. The first-order valence-electron chi connectivity index (χ1n) is 6.50. The number of amides is 1. The van der Waals surface area contributed by atoms with Gasteiger partial charge in [0.05, 0.1) is 0 Å². The van der Waals surface area contributed by atoms with Gasteiger partial charge in [-0.25, -0.2) is 0 Å². The molecule has 3 fully saturated rings. The standard InChI is InChI=1S/C13H19N3OS/c14-12(17)13(15-8-11-2-1-7-18-11)9-16-5-3-10(13)4-6-16/h1-2,7,10,15H,3-6,8-9H2,(H2,14,17). The summed E-state index contributed by atoms with van der Waals surface area (Å²) in [4.78, 5) is 15.6. The van der Waals surface area contributed by atoms with E-state index in [0.717, 1.165) is 39.0 Å². The van der Waals surface area contributed by atoms with Crippen molar-refractivity contribution in [2.75, 3.05) is 19.6 Å². The smallest absolute Gasteiger partial charge is 0.239 e. The second kappa shape index (κ2) is 4.64. The summed E-state index contributed by atoms with van der Waals surface area (Å²) < 4.78 is 0. The van der Waals surface area contributed by atoms with Crippen molar-refractivity contribution >= 4 is 17.2 Å². The Labute approximate surface area is 111 Å². The summed E-state index contributed by atoms with van der Waals surface area (Å²) in [6.07, 6.45) is 2.17. The van der Waals surface area contributed by atoms with Gasteiger partial charge in [0.25, 0.3) is 0 Å². The average Bonchev–Trinajstić information content (AvgIpc) is 2.90. The van der Waals surface area contributed by atoms with E-state index < -0.39 is 5.54 Å². The molecule has 2 bridgehead atoms. The Morgan fingerprint density at radius 3 is 2.83 bits per heavy atom. The van der Waals surface area contributed by atoms with Crippen molar-refractivity contribution in [1.29, 1.82) is 0 Å². The van der Waals surface area contributed by atoms with Gasteiger partial charge in [-0.3, -0.25) is 10.1 Å². The zero-order chi connectivity index (χ0) is 12.6. The largest absolute Gasteiger partial charge is 0.368 e. The highest BCUT2D eigenvalue weighted by Crippen LogP contribution is 2.35. The minimum atomic E-state index is -0.513. The fourth-order valence-electron chi connectivity index (χ4n) is 3.29. The van der Waals surface area contributed by atoms with Gasteiger partial charge >= 0.3 is 0 Å². The van der Waals surface area contributed by atoms with E-state index in [9.17, 15) is 4.79 Å². The van der Waals surface area contributed by atoms with Crippen molar-refractivity contribution in [2.24, 2.45) is 11.7 Å². The highest BCUT2D eigenvalue weighted by Gasteiger charge is 2.50. The van der Waals surface area contributed by atoms with Gasteiger partial charge < -0.3 is 10.6 Å². The van der Waals surface area contributed by atoms with E-state index in [-0.39, 0.29) is 5.91 Å². The number of hydrogen-bond donors (Lipinski definition) is 2. The number of piperidine rings is 3. The van der Waals surface area contributed by atoms with E-state index in [0.29, 0.717) is 5.92 Å². The molecular formula is C13H19N3OS. The van der Waals surface area contributed by atoms with Gasteiger partial charge in [0.2, 0.25) is 5.91 Å². The number of hydrogen-bond acceptors (Lipinski definition) is 4. The molecule has 4 rings (SSSR count). The summed E-state index contributed by atoms with van der Waals surface area (Å²) >= 11 is 1.71. The van der Waals surface area contributed by atoms with Gasteiger partial charge in [-0.1, -0.05) is 6.07 Å². The summed E-state index contributed by atoms with van der Waals surface area (Å²) in [5, 5.41) is 5.52. The molecule has 3 aliphatic rings. The van der Waals surface area contributed by atoms with Crippen LogP contribution >= 0.6 is 11.3 Å². The Bertz CT molecular complexity index is 425. The van der Waals surface area contributed by atoms with E-state index in [1.54, 1.807) is 11.3 Å². The van der Waals surface area contributed by atoms with Crippen molar-refractivity contribution < 1.29 is 4.79 Å². The Hall–Kier alpha value is -0.910. The van der Waals surface area contributed by atoms with Gasteiger partial charge in [-0.2, -0.15) is 0 Å². The van der Waals surface area contributed by atoms with Gasteiger partial charge in [-0.05, 0) is 43.3 Å². The molecule has 0 saturated carbocycles. The van der Waals surface area contributed by atoms with E-state index >= 15 is 0 Å². The number of primary amides is 1. The Balaban J connectivity index is 1.77. The predicted octanol–water partition coefficient (Wildman–Crippen LogP) is 0.787. The van der Waals surface area contributed by atoms with E-state index in [1.165, 1.54) is 4.88 Å². The van der Waals surface area contributed by atoms with Crippen molar-refractivity contribution in [3.05, 3.63) is 22.4 Å². The van der Waals surface area contributed by atoms with Crippen LogP contribution in [-0.4, -0.2) is 36.0 Å². The van der Waals surface area contributed by atoms with Gasteiger partial charge in [0.15, 0.2) is 0 Å². The first-order valence-corrected chi connectivity index (χ1v) is 7.38. The van der Waals surface area contributed by atoms with Gasteiger partial charge in [0, 0.05) is 18.0 Å². The number of thiophene rings is 1. The minimum Gasteiger partial charge on any atom is -0.368 e. The normalized spacial score (nSPS) is 34.7. The SMILES string of the molecule is NC(=O)C1(NCc2cccs2)CN2CCC1CC2. The number of nitrogens with zero attached hydrogens (tertiary/aromatic N) is 1. The second-order valence-electron chi connectivity index (χ2n) is 5.32. The zero-order valence-corrected chi connectivity index (χ0v) is 11.2. The predicted molar refractivity (Wildman–Crippen MR) is 72.2 cm³/mol. The van der Waals surface area contributed by atoms with Crippen LogP contribution in [0.2, 0.25) is 0 Å². The van der Waals surface area contributed by atoms with Crippen LogP contribution in [0.4, 0.5) is 0 Å². The summed E-state index contributed by atoms with van der Waals surface area (Å²) in [5.41, 5.74) is 5.19. The molecule has 0 radical (unpaired) electrons. The van der Waals surface area contributed by atoms with Crippen LogP contribution in [-0.2, 0) is 11.3 Å². The molecule has 1 atom stereocenters. The van der Waals surface area contributed by atoms with Crippen LogP contribution in [0.3, 0.4) is 0 Å². The maximum atomic E-state index is 12.0. The van der Waals surface area contributed by atoms with E-state index in [2.05, 4.69) is 21.7 Å². The van der Waals surface area contributed by atoms with Crippen LogP contribution in [0.15, 0.2) is 17.5 Å². The fraction of sp³-hybridized carbons (Fsp3) is 0.615. The molecule has 1 unspecified atom stereocenters. The zero-order valence-electron chi connectivity index (χ0n) is 10.4. The van der Waals surface area contributed by atoms with Crippen molar-refractivity contribution in [3.63, 3.8) is 0 Å².